The molecule has 5 nitrogen and oxygen atoms in total. The minimum atomic E-state index is -0.0456. The Labute approximate surface area is 135 Å². The van der Waals surface area contributed by atoms with Crippen LogP contribution in [0.15, 0.2) is 30.6 Å². The maximum atomic E-state index is 13.0. The van der Waals surface area contributed by atoms with Gasteiger partial charge in [-0.05, 0) is 42.5 Å². The number of aromatic amines is 1. The van der Waals surface area contributed by atoms with Crippen LogP contribution in [-0.4, -0.2) is 40.5 Å². The van der Waals surface area contributed by atoms with E-state index in [1.807, 2.05) is 11.0 Å². The number of amides is 1. The van der Waals surface area contributed by atoms with E-state index >= 15 is 0 Å². The summed E-state index contributed by atoms with van der Waals surface area (Å²) in [5.41, 5.74) is 3.49. The second kappa shape index (κ2) is 5.81. The van der Waals surface area contributed by atoms with Crippen molar-refractivity contribution in [2.75, 3.05) is 13.7 Å². The zero-order valence-corrected chi connectivity index (χ0v) is 13.3. The number of aromatic nitrogens is 2. The predicted molar refractivity (Wildman–Crippen MR) is 86.2 cm³/mol. The van der Waals surface area contributed by atoms with Gasteiger partial charge in [0, 0.05) is 38.0 Å². The Hall–Kier alpha value is -2.14. The van der Waals surface area contributed by atoms with Gasteiger partial charge in [-0.3, -0.25) is 4.79 Å². The number of hydrogen-bond acceptors (Lipinski definition) is 3. The van der Waals surface area contributed by atoms with Crippen LogP contribution in [0.5, 0.6) is 0 Å². The first-order valence-electron chi connectivity index (χ1n) is 8.21. The van der Waals surface area contributed by atoms with Gasteiger partial charge in [0.2, 0.25) is 0 Å². The van der Waals surface area contributed by atoms with Gasteiger partial charge in [-0.2, -0.15) is 0 Å². The van der Waals surface area contributed by atoms with Gasteiger partial charge in [-0.25, -0.2) is 4.98 Å². The van der Waals surface area contributed by atoms with Crippen LogP contribution < -0.4 is 0 Å². The number of rotatable bonds is 3. The van der Waals surface area contributed by atoms with Crippen LogP contribution in [0.25, 0.3) is 0 Å². The maximum absolute atomic E-state index is 13.0. The van der Waals surface area contributed by atoms with Crippen LogP contribution in [0.4, 0.5) is 0 Å². The molecule has 1 N–H and O–H groups in total. The van der Waals surface area contributed by atoms with E-state index in [1.54, 1.807) is 19.5 Å². The summed E-state index contributed by atoms with van der Waals surface area (Å²) in [4.78, 5) is 22.4. The summed E-state index contributed by atoms with van der Waals surface area (Å²) in [7, 11) is 1.70. The Morgan fingerprint density at radius 1 is 1.35 bits per heavy atom. The number of aryl methyl sites for hydroxylation is 2. The van der Waals surface area contributed by atoms with Gasteiger partial charge in [-0.1, -0.05) is 6.07 Å². The van der Waals surface area contributed by atoms with Gasteiger partial charge in [0.25, 0.3) is 5.91 Å². The molecule has 120 valence electrons. The second-order valence-corrected chi connectivity index (χ2v) is 6.38. The number of hydrogen-bond donors (Lipinski definition) is 1. The Morgan fingerprint density at radius 2 is 2.22 bits per heavy atom. The lowest BCUT2D eigenvalue weighted by Gasteiger charge is -2.23. The number of fused-ring (bicyclic) bond motifs is 1. The highest BCUT2D eigenvalue weighted by atomic mass is 16.5. The fourth-order valence-electron chi connectivity index (χ4n) is 3.78. The molecule has 1 amide bonds. The van der Waals surface area contributed by atoms with Crippen molar-refractivity contribution >= 4 is 5.91 Å². The first-order chi connectivity index (χ1) is 11.3. The average Bonchev–Trinajstić information content (AvgIpc) is 3.31. The quantitative estimate of drug-likeness (QED) is 0.947. The zero-order chi connectivity index (χ0) is 15.8. The number of ether oxygens (including phenoxy) is 1. The number of carbonyl (C=O) groups excluding carboxylic acids is 1. The van der Waals surface area contributed by atoms with Gasteiger partial charge in [-0.15, -0.1) is 0 Å². The van der Waals surface area contributed by atoms with Crippen LogP contribution in [0.1, 0.15) is 46.2 Å². The number of benzene rings is 1. The molecular formula is C18H21N3O2. The number of imidazole rings is 1. The van der Waals surface area contributed by atoms with Crippen molar-refractivity contribution in [2.45, 2.75) is 37.8 Å². The van der Waals surface area contributed by atoms with Crippen molar-refractivity contribution < 1.29 is 9.53 Å². The highest BCUT2D eigenvalue weighted by Crippen LogP contribution is 2.33. The van der Waals surface area contributed by atoms with E-state index < -0.39 is 0 Å². The van der Waals surface area contributed by atoms with Gasteiger partial charge in [0.15, 0.2) is 0 Å². The lowest BCUT2D eigenvalue weighted by molar-refractivity contribution is 0.0684. The van der Waals surface area contributed by atoms with Gasteiger partial charge in [0.1, 0.15) is 5.82 Å². The first-order valence-corrected chi connectivity index (χ1v) is 8.21. The topological polar surface area (TPSA) is 58.2 Å². The number of nitrogens with zero attached hydrogens (tertiary/aromatic N) is 2. The molecule has 4 rings (SSSR count). The van der Waals surface area contributed by atoms with Gasteiger partial charge in [0.05, 0.1) is 12.1 Å². The molecule has 1 saturated heterocycles. The molecule has 1 aliphatic heterocycles. The van der Waals surface area contributed by atoms with Crippen molar-refractivity contribution in [3.63, 3.8) is 0 Å². The molecule has 1 unspecified atom stereocenters. The Bertz CT molecular complexity index is 711. The summed E-state index contributed by atoms with van der Waals surface area (Å²) in [6, 6.07) is 6.10. The molecule has 2 atom stereocenters. The lowest BCUT2D eigenvalue weighted by Crippen LogP contribution is -2.32. The molecule has 0 spiro atoms. The zero-order valence-electron chi connectivity index (χ0n) is 13.3. The second-order valence-electron chi connectivity index (χ2n) is 6.38. The van der Waals surface area contributed by atoms with Gasteiger partial charge >= 0.3 is 0 Å². The summed E-state index contributed by atoms with van der Waals surface area (Å²) >= 11 is 0. The summed E-state index contributed by atoms with van der Waals surface area (Å²) in [6.45, 7) is 0.609. The van der Waals surface area contributed by atoms with Crippen LogP contribution in [0.2, 0.25) is 0 Å². The van der Waals surface area contributed by atoms with E-state index in [9.17, 15) is 4.79 Å². The maximum Gasteiger partial charge on any atom is 0.254 e. The lowest BCUT2D eigenvalue weighted by atomic mass is 10.1. The largest absolute Gasteiger partial charge is 0.380 e. The molecule has 1 aromatic carbocycles. The number of nitrogens with one attached hydrogen (secondary N) is 1. The van der Waals surface area contributed by atoms with Gasteiger partial charge < -0.3 is 14.6 Å². The molecule has 0 saturated carbocycles. The van der Waals surface area contributed by atoms with Crippen molar-refractivity contribution in [2.24, 2.45) is 0 Å². The van der Waals surface area contributed by atoms with E-state index in [4.69, 9.17) is 4.74 Å². The van der Waals surface area contributed by atoms with Crippen LogP contribution in [0, 0.1) is 0 Å². The summed E-state index contributed by atoms with van der Waals surface area (Å²) < 4.78 is 5.49. The number of carbonyl (C=O) groups is 1. The Kier molecular flexibility index (Phi) is 3.65. The summed E-state index contributed by atoms with van der Waals surface area (Å²) in [5.74, 6) is 0.903. The van der Waals surface area contributed by atoms with E-state index in [2.05, 4.69) is 22.1 Å². The van der Waals surface area contributed by atoms with Crippen LogP contribution >= 0.6 is 0 Å². The SMILES string of the molecule is CO[C@@H]1CC(c2ncc[nH]2)N(C(=O)c2ccc3c(c2)CCC3)C1. The molecular weight excluding hydrogens is 290 g/mol. The first kappa shape index (κ1) is 14.5. The Morgan fingerprint density at radius 3 is 3.00 bits per heavy atom. The number of methoxy groups -OCH3 is 1. The van der Waals surface area contributed by atoms with Crippen molar-refractivity contribution in [3.8, 4) is 0 Å². The predicted octanol–water partition coefficient (Wildman–Crippen LogP) is 2.50. The minimum Gasteiger partial charge on any atom is -0.380 e. The van der Waals surface area contributed by atoms with Crippen LogP contribution in [-0.2, 0) is 17.6 Å². The highest BCUT2D eigenvalue weighted by Gasteiger charge is 2.38. The molecule has 1 aromatic heterocycles. The molecule has 1 aliphatic carbocycles. The van der Waals surface area contributed by atoms with E-state index in [0.29, 0.717) is 6.54 Å². The highest BCUT2D eigenvalue weighted by molar-refractivity contribution is 5.95. The molecule has 2 aromatic rings. The molecule has 23 heavy (non-hydrogen) atoms. The van der Waals surface area contributed by atoms with Crippen molar-refractivity contribution in [3.05, 3.63) is 53.1 Å². The third kappa shape index (κ3) is 2.55. The van der Waals surface area contributed by atoms with E-state index in [-0.39, 0.29) is 18.1 Å². The minimum absolute atomic E-state index is 0.0456. The molecule has 5 heteroatoms. The third-order valence-electron chi connectivity index (χ3n) is 5.04. The standard InChI is InChI=1S/C18H21N3O2/c1-23-15-10-16(17-19-7-8-20-17)21(11-15)18(22)14-6-5-12-3-2-4-13(12)9-14/h5-9,15-16H,2-4,10-11H2,1H3,(H,19,20)/t15-,16?/m1/s1. The summed E-state index contributed by atoms with van der Waals surface area (Å²) in [6.07, 6.45) is 7.77. The Balaban J connectivity index is 1.63. The average molecular weight is 311 g/mol. The fourth-order valence-corrected chi connectivity index (χ4v) is 3.78. The third-order valence-corrected chi connectivity index (χ3v) is 5.04. The molecule has 0 radical (unpaired) electrons. The normalized spacial score (nSPS) is 23.3. The van der Waals surface area contributed by atoms with Crippen molar-refractivity contribution in [1.82, 2.24) is 14.9 Å². The molecule has 1 fully saturated rings. The molecule has 0 bridgehead atoms. The van der Waals surface area contributed by atoms with E-state index in [0.717, 1.165) is 30.7 Å². The fraction of sp³-hybridized carbons (Fsp3) is 0.444. The number of H-pyrrole nitrogens is 1. The molecule has 2 heterocycles. The summed E-state index contributed by atoms with van der Waals surface area (Å²) in [5, 5.41) is 0. The smallest absolute Gasteiger partial charge is 0.254 e. The number of likely N-dealkylation sites (tertiary alicyclic amines) is 1. The van der Waals surface area contributed by atoms with Crippen molar-refractivity contribution in [1.29, 1.82) is 0 Å². The molecule has 2 aliphatic rings. The monoisotopic (exact) mass is 311 g/mol. The van der Waals surface area contributed by atoms with Crippen LogP contribution in [0.3, 0.4) is 0 Å². The van der Waals surface area contributed by atoms with E-state index in [1.165, 1.54) is 17.5 Å².